The van der Waals surface area contributed by atoms with Crippen LogP contribution in [-0.4, -0.2) is 24.0 Å². The molecule has 0 aliphatic heterocycles. The number of rotatable bonds is 2. The first-order chi connectivity index (χ1) is 7.77. The highest BCUT2D eigenvalue weighted by molar-refractivity contribution is 5.36. The quantitative estimate of drug-likeness (QED) is 0.820. The molecule has 1 saturated carbocycles. The first-order valence-electron chi connectivity index (χ1n) is 6.32. The summed E-state index contributed by atoms with van der Waals surface area (Å²) in [6.07, 6.45) is 5.24. The van der Waals surface area contributed by atoms with E-state index >= 15 is 0 Å². The topological polar surface area (TPSA) is 29.3 Å². The Morgan fingerprint density at radius 3 is 2.62 bits per heavy atom. The molecule has 2 aliphatic carbocycles. The van der Waals surface area contributed by atoms with Crippen molar-refractivity contribution in [2.45, 2.75) is 43.8 Å². The summed E-state index contributed by atoms with van der Waals surface area (Å²) in [6, 6.07) is 10.1. The standard InChI is InChI=1S/C14H20N2/c1-16(11-6-4-7-11)13-9-10-5-2-3-8-12(10)14(13)15/h2-3,5,8,11,13-14H,4,6-7,9,15H2,1H3. The minimum atomic E-state index is 0.210. The van der Waals surface area contributed by atoms with Gasteiger partial charge in [0.1, 0.15) is 0 Å². The maximum Gasteiger partial charge on any atom is 0.0459 e. The average molecular weight is 216 g/mol. The van der Waals surface area contributed by atoms with Crippen molar-refractivity contribution in [3.05, 3.63) is 35.4 Å². The molecule has 16 heavy (non-hydrogen) atoms. The Morgan fingerprint density at radius 2 is 2.00 bits per heavy atom. The molecular formula is C14H20N2. The average Bonchev–Trinajstić information content (AvgIpc) is 2.54. The van der Waals surface area contributed by atoms with Gasteiger partial charge in [-0.05, 0) is 37.4 Å². The van der Waals surface area contributed by atoms with Crippen LogP contribution in [0.25, 0.3) is 0 Å². The molecule has 3 rings (SSSR count). The molecule has 2 atom stereocenters. The zero-order chi connectivity index (χ0) is 11.1. The van der Waals surface area contributed by atoms with Crippen LogP contribution in [0.5, 0.6) is 0 Å². The summed E-state index contributed by atoms with van der Waals surface area (Å²) in [5, 5.41) is 0. The van der Waals surface area contributed by atoms with Crippen LogP contribution in [0.2, 0.25) is 0 Å². The molecule has 0 amide bonds. The minimum absolute atomic E-state index is 0.210. The second-order valence-electron chi connectivity index (χ2n) is 5.25. The van der Waals surface area contributed by atoms with Crippen molar-refractivity contribution >= 4 is 0 Å². The Bertz CT molecular complexity index is 384. The van der Waals surface area contributed by atoms with Crippen molar-refractivity contribution in [3.63, 3.8) is 0 Å². The van der Waals surface area contributed by atoms with Crippen LogP contribution < -0.4 is 5.73 Å². The summed E-state index contributed by atoms with van der Waals surface area (Å²) in [6.45, 7) is 0. The number of hydrogen-bond donors (Lipinski definition) is 1. The summed E-state index contributed by atoms with van der Waals surface area (Å²) in [4.78, 5) is 2.52. The zero-order valence-corrected chi connectivity index (χ0v) is 9.89. The molecule has 0 saturated heterocycles. The monoisotopic (exact) mass is 216 g/mol. The van der Waals surface area contributed by atoms with Crippen LogP contribution >= 0.6 is 0 Å². The Hall–Kier alpha value is -0.860. The van der Waals surface area contributed by atoms with Gasteiger partial charge in [0.15, 0.2) is 0 Å². The summed E-state index contributed by atoms with van der Waals surface area (Å²) in [5.41, 5.74) is 9.18. The van der Waals surface area contributed by atoms with Gasteiger partial charge in [-0.15, -0.1) is 0 Å². The summed E-state index contributed by atoms with van der Waals surface area (Å²) in [7, 11) is 2.25. The van der Waals surface area contributed by atoms with E-state index in [0.717, 1.165) is 12.5 Å². The number of benzene rings is 1. The van der Waals surface area contributed by atoms with Crippen molar-refractivity contribution < 1.29 is 0 Å². The van der Waals surface area contributed by atoms with E-state index in [1.165, 1.54) is 30.4 Å². The van der Waals surface area contributed by atoms with Crippen LogP contribution in [0.4, 0.5) is 0 Å². The van der Waals surface area contributed by atoms with Crippen LogP contribution in [0, 0.1) is 0 Å². The van der Waals surface area contributed by atoms with Crippen LogP contribution in [0.3, 0.4) is 0 Å². The molecule has 0 spiro atoms. The fourth-order valence-corrected chi connectivity index (χ4v) is 3.07. The molecule has 2 aliphatic rings. The normalized spacial score (nSPS) is 29.2. The highest BCUT2D eigenvalue weighted by Crippen LogP contribution is 2.36. The molecule has 2 heteroatoms. The predicted octanol–water partition coefficient (Wildman–Crippen LogP) is 2.10. The zero-order valence-electron chi connectivity index (χ0n) is 9.89. The number of fused-ring (bicyclic) bond motifs is 1. The van der Waals surface area contributed by atoms with Crippen LogP contribution in [0.15, 0.2) is 24.3 Å². The van der Waals surface area contributed by atoms with E-state index in [0.29, 0.717) is 6.04 Å². The predicted molar refractivity (Wildman–Crippen MR) is 66.3 cm³/mol. The van der Waals surface area contributed by atoms with Crippen LogP contribution in [-0.2, 0) is 6.42 Å². The van der Waals surface area contributed by atoms with Gasteiger partial charge >= 0.3 is 0 Å². The van der Waals surface area contributed by atoms with E-state index in [2.05, 4.69) is 36.2 Å². The van der Waals surface area contributed by atoms with Gasteiger partial charge in [0.25, 0.3) is 0 Å². The van der Waals surface area contributed by atoms with E-state index in [9.17, 15) is 0 Å². The number of hydrogen-bond acceptors (Lipinski definition) is 2. The molecule has 0 radical (unpaired) electrons. The van der Waals surface area contributed by atoms with Crippen molar-refractivity contribution in [2.75, 3.05) is 7.05 Å². The summed E-state index contributed by atoms with van der Waals surface area (Å²) in [5.74, 6) is 0. The Labute approximate surface area is 97.4 Å². The molecule has 0 heterocycles. The van der Waals surface area contributed by atoms with E-state index in [4.69, 9.17) is 5.73 Å². The molecule has 1 aromatic rings. The third kappa shape index (κ3) is 1.48. The van der Waals surface area contributed by atoms with Gasteiger partial charge in [-0.3, -0.25) is 4.90 Å². The highest BCUT2D eigenvalue weighted by atomic mass is 15.2. The lowest BCUT2D eigenvalue weighted by Gasteiger charge is -2.40. The van der Waals surface area contributed by atoms with Crippen molar-refractivity contribution in [3.8, 4) is 0 Å². The number of nitrogens with zero attached hydrogens (tertiary/aromatic N) is 1. The maximum absolute atomic E-state index is 6.37. The fourth-order valence-electron chi connectivity index (χ4n) is 3.07. The van der Waals surface area contributed by atoms with Gasteiger partial charge in [0.05, 0.1) is 0 Å². The summed E-state index contributed by atoms with van der Waals surface area (Å²) >= 11 is 0. The first-order valence-corrected chi connectivity index (χ1v) is 6.32. The fraction of sp³-hybridized carbons (Fsp3) is 0.571. The van der Waals surface area contributed by atoms with Gasteiger partial charge in [0, 0.05) is 18.1 Å². The van der Waals surface area contributed by atoms with Gasteiger partial charge in [-0.1, -0.05) is 30.7 Å². The lowest BCUT2D eigenvalue weighted by atomic mass is 9.90. The molecule has 1 aromatic carbocycles. The van der Waals surface area contributed by atoms with Gasteiger partial charge < -0.3 is 5.73 Å². The Kier molecular flexibility index (Phi) is 2.49. The Morgan fingerprint density at radius 1 is 1.25 bits per heavy atom. The van der Waals surface area contributed by atoms with Crippen molar-refractivity contribution in [1.82, 2.24) is 4.90 Å². The maximum atomic E-state index is 6.37. The van der Waals surface area contributed by atoms with E-state index in [1.807, 2.05) is 0 Å². The van der Waals surface area contributed by atoms with E-state index in [1.54, 1.807) is 0 Å². The second-order valence-corrected chi connectivity index (χ2v) is 5.25. The highest BCUT2D eigenvalue weighted by Gasteiger charge is 2.36. The molecule has 1 fully saturated rings. The van der Waals surface area contributed by atoms with E-state index < -0.39 is 0 Å². The number of nitrogens with two attached hydrogens (primary N) is 1. The molecule has 2 unspecified atom stereocenters. The SMILES string of the molecule is CN(C1CCC1)C1Cc2ccccc2C1N. The van der Waals surface area contributed by atoms with Crippen molar-refractivity contribution in [2.24, 2.45) is 5.73 Å². The van der Waals surface area contributed by atoms with Gasteiger partial charge in [-0.2, -0.15) is 0 Å². The first kappa shape index (κ1) is 10.3. The lowest BCUT2D eigenvalue weighted by Crippen LogP contribution is -2.47. The molecule has 0 aromatic heterocycles. The molecule has 2 N–H and O–H groups in total. The third-order valence-electron chi connectivity index (χ3n) is 4.43. The third-order valence-corrected chi connectivity index (χ3v) is 4.43. The van der Waals surface area contributed by atoms with Gasteiger partial charge in [0.2, 0.25) is 0 Å². The largest absolute Gasteiger partial charge is 0.323 e. The molecular weight excluding hydrogens is 196 g/mol. The molecule has 2 nitrogen and oxygen atoms in total. The van der Waals surface area contributed by atoms with E-state index in [-0.39, 0.29) is 6.04 Å². The van der Waals surface area contributed by atoms with Crippen LogP contribution in [0.1, 0.15) is 36.4 Å². The van der Waals surface area contributed by atoms with Gasteiger partial charge in [-0.25, -0.2) is 0 Å². The summed E-state index contributed by atoms with van der Waals surface area (Å²) < 4.78 is 0. The van der Waals surface area contributed by atoms with Crippen molar-refractivity contribution in [1.29, 1.82) is 0 Å². The Balaban J connectivity index is 1.80. The molecule has 0 bridgehead atoms. The minimum Gasteiger partial charge on any atom is -0.323 e. The second kappa shape index (κ2) is 3.86. The molecule has 86 valence electrons. The smallest absolute Gasteiger partial charge is 0.0459 e. The lowest BCUT2D eigenvalue weighted by molar-refractivity contribution is 0.101. The number of likely N-dealkylation sites (N-methyl/N-ethyl adjacent to an activating group) is 1.